The molecule has 0 spiro atoms. The van der Waals surface area contributed by atoms with Crippen LogP contribution < -0.4 is 5.32 Å². The largest absolute Gasteiger partial charge is 0.316 e. The van der Waals surface area contributed by atoms with Gasteiger partial charge in [-0.3, -0.25) is 4.90 Å². The normalized spacial score (nSPS) is 36.4. The van der Waals surface area contributed by atoms with Crippen molar-refractivity contribution in [3.63, 3.8) is 0 Å². The van der Waals surface area contributed by atoms with Gasteiger partial charge in [-0.25, -0.2) is 0 Å². The monoisotopic (exact) mass is 224 g/mol. The van der Waals surface area contributed by atoms with Crippen LogP contribution in [0.15, 0.2) is 0 Å². The Balaban J connectivity index is 1.92. The molecule has 2 aliphatic heterocycles. The van der Waals surface area contributed by atoms with Gasteiger partial charge in [-0.2, -0.15) is 0 Å². The highest BCUT2D eigenvalue weighted by molar-refractivity contribution is 5.49. The molecule has 2 rings (SSSR count). The van der Waals surface area contributed by atoms with Crippen molar-refractivity contribution in [1.82, 2.24) is 10.2 Å². The van der Waals surface area contributed by atoms with Crippen LogP contribution in [0.1, 0.15) is 39.0 Å². The fraction of sp³-hybridized carbons (Fsp3) is 0.923. The maximum Gasteiger partial charge on any atom is 0.120 e. The number of nitrogens with zero attached hydrogens (tertiary/aromatic N) is 1. The van der Waals surface area contributed by atoms with Gasteiger partial charge in [0.1, 0.15) is 6.29 Å². The minimum atomic E-state index is 0.677. The number of hydrogen-bond acceptors (Lipinski definition) is 3. The molecule has 0 bridgehead atoms. The Labute approximate surface area is 98.6 Å². The van der Waals surface area contributed by atoms with Crippen molar-refractivity contribution in [3.05, 3.63) is 0 Å². The summed E-state index contributed by atoms with van der Waals surface area (Å²) in [6.07, 6.45) is 6.77. The van der Waals surface area contributed by atoms with Gasteiger partial charge < -0.3 is 10.1 Å². The van der Waals surface area contributed by atoms with E-state index in [-0.39, 0.29) is 0 Å². The van der Waals surface area contributed by atoms with E-state index in [0.717, 1.165) is 44.2 Å². The quantitative estimate of drug-likeness (QED) is 0.733. The summed E-state index contributed by atoms with van der Waals surface area (Å²) in [5.41, 5.74) is 0. The van der Waals surface area contributed by atoms with Crippen LogP contribution in [0.25, 0.3) is 0 Å². The van der Waals surface area contributed by atoms with Gasteiger partial charge in [-0.15, -0.1) is 0 Å². The molecule has 2 heterocycles. The first-order valence-corrected chi connectivity index (χ1v) is 6.73. The van der Waals surface area contributed by atoms with Crippen LogP contribution in [0, 0.1) is 5.92 Å². The summed E-state index contributed by atoms with van der Waals surface area (Å²) in [6, 6.07) is 1.43. The lowest BCUT2D eigenvalue weighted by molar-refractivity contribution is -0.108. The van der Waals surface area contributed by atoms with Crippen molar-refractivity contribution in [1.29, 1.82) is 0 Å². The highest BCUT2D eigenvalue weighted by Gasteiger charge is 2.34. The lowest BCUT2D eigenvalue weighted by Crippen LogP contribution is -2.50. The minimum Gasteiger partial charge on any atom is -0.316 e. The van der Waals surface area contributed by atoms with E-state index in [9.17, 15) is 4.79 Å². The Kier molecular flexibility index (Phi) is 4.36. The van der Waals surface area contributed by atoms with Gasteiger partial charge in [0.2, 0.25) is 0 Å². The molecule has 0 aliphatic carbocycles. The smallest absolute Gasteiger partial charge is 0.120 e. The topological polar surface area (TPSA) is 32.3 Å². The summed E-state index contributed by atoms with van der Waals surface area (Å²) < 4.78 is 0. The standard InChI is InChI=1S/C13H24N2O/c1-11-10-14-7-6-13(11)15-8-2-4-12(15)5-3-9-16/h9,11-14H,2-8,10H2,1H3. The molecule has 0 amide bonds. The summed E-state index contributed by atoms with van der Waals surface area (Å²) in [6.45, 7) is 5.91. The highest BCUT2D eigenvalue weighted by Crippen LogP contribution is 2.29. The Bertz CT molecular complexity index is 232. The van der Waals surface area contributed by atoms with E-state index < -0.39 is 0 Å². The molecule has 16 heavy (non-hydrogen) atoms. The molecule has 3 atom stereocenters. The first-order valence-electron chi connectivity index (χ1n) is 6.73. The van der Waals surface area contributed by atoms with E-state index >= 15 is 0 Å². The Morgan fingerprint density at radius 1 is 1.44 bits per heavy atom. The summed E-state index contributed by atoms with van der Waals surface area (Å²) in [4.78, 5) is 13.2. The third-order valence-electron chi connectivity index (χ3n) is 4.21. The Morgan fingerprint density at radius 3 is 3.06 bits per heavy atom. The van der Waals surface area contributed by atoms with Crippen molar-refractivity contribution >= 4 is 6.29 Å². The number of hydrogen-bond donors (Lipinski definition) is 1. The molecule has 3 heteroatoms. The molecule has 0 aromatic rings. The van der Waals surface area contributed by atoms with Crippen LogP contribution >= 0.6 is 0 Å². The van der Waals surface area contributed by atoms with E-state index in [1.807, 2.05) is 0 Å². The van der Waals surface area contributed by atoms with Crippen LogP contribution in [0.4, 0.5) is 0 Å². The molecular weight excluding hydrogens is 200 g/mol. The third kappa shape index (κ3) is 2.64. The van der Waals surface area contributed by atoms with E-state index in [0.29, 0.717) is 6.04 Å². The SMILES string of the molecule is CC1CNCCC1N1CCCC1CCC=O. The van der Waals surface area contributed by atoms with Crippen molar-refractivity contribution in [2.75, 3.05) is 19.6 Å². The summed E-state index contributed by atoms with van der Waals surface area (Å²) in [5, 5.41) is 3.46. The molecule has 92 valence electrons. The molecule has 0 aromatic carbocycles. The summed E-state index contributed by atoms with van der Waals surface area (Å²) in [7, 11) is 0. The molecule has 2 fully saturated rings. The lowest BCUT2D eigenvalue weighted by atomic mass is 9.92. The zero-order valence-corrected chi connectivity index (χ0v) is 10.3. The maximum absolute atomic E-state index is 10.5. The van der Waals surface area contributed by atoms with Crippen LogP contribution in [-0.2, 0) is 4.79 Å². The van der Waals surface area contributed by atoms with Crippen LogP contribution in [0.5, 0.6) is 0 Å². The predicted octanol–water partition coefficient (Wildman–Crippen LogP) is 1.43. The number of likely N-dealkylation sites (tertiary alicyclic amines) is 1. The van der Waals surface area contributed by atoms with Crippen molar-refractivity contribution in [2.45, 2.75) is 51.1 Å². The lowest BCUT2D eigenvalue weighted by Gasteiger charge is -2.40. The molecule has 3 unspecified atom stereocenters. The third-order valence-corrected chi connectivity index (χ3v) is 4.21. The molecule has 2 aliphatic rings. The Hall–Kier alpha value is -0.410. The van der Waals surface area contributed by atoms with Gasteiger partial charge in [-0.1, -0.05) is 6.92 Å². The summed E-state index contributed by atoms with van der Waals surface area (Å²) in [5.74, 6) is 0.755. The number of rotatable bonds is 4. The molecule has 3 nitrogen and oxygen atoms in total. The van der Waals surface area contributed by atoms with E-state index in [1.54, 1.807) is 0 Å². The zero-order valence-electron chi connectivity index (χ0n) is 10.3. The predicted molar refractivity (Wildman–Crippen MR) is 65.5 cm³/mol. The number of carbonyl (C=O) groups is 1. The number of carbonyl (C=O) groups excluding carboxylic acids is 1. The zero-order chi connectivity index (χ0) is 11.4. The first kappa shape index (κ1) is 12.1. The molecule has 0 saturated carbocycles. The van der Waals surface area contributed by atoms with Gasteiger partial charge >= 0.3 is 0 Å². The fourth-order valence-corrected chi connectivity index (χ4v) is 3.36. The highest BCUT2D eigenvalue weighted by atomic mass is 16.1. The summed E-state index contributed by atoms with van der Waals surface area (Å²) >= 11 is 0. The number of nitrogens with one attached hydrogen (secondary N) is 1. The van der Waals surface area contributed by atoms with Crippen LogP contribution in [-0.4, -0.2) is 42.9 Å². The van der Waals surface area contributed by atoms with Crippen molar-refractivity contribution < 1.29 is 4.79 Å². The van der Waals surface area contributed by atoms with Crippen molar-refractivity contribution in [2.24, 2.45) is 5.92 Å². The van der Waals surface area contributed by atoms with Gasteiger partial charge in [0.05, 0.1) is 0 Å². The molecule has 1 N–H and O–H groups in total. The van der Waals surface area contributed by atoms with Crippen LogP contribution in [0.2, 0.25) is 0 Å². The number of piperidine rings is 1. The Morgan fingerprint density at radius 2 is 2.31 bits per heavy atom. The van der Waals surface area contributed by atoms with Gasteiger partial charge in [-0.05, 0) is 51.2 Å². The van der Waals surface area contributed by atoms with Gasteiger partial charge in [0.25, 0.3) is 0 Å². The van der Waals surface area contributed by atoms with E-state index in [1.165, 1.54) is 25.8 Å². The molecular formula is C13H24N2O. The molecule has 0 radical (unpaired) electrons. The van der Waals surface area contributed by atoms with E-state index in [2.05, 4.69) is 17.1 Å². The van der Waals surface area contributed by atoms with Crippen LogP contribution in [0.3, 0.4) is 0 Å². The minimum absolute atomic E-state index is 0.677. The number of aldehydes is 1. The van der Waals surface area contributed by atoms with E-state index in [4.69, 9.17) is 0 Å². The average Bonchev–Trinajstić information content (AvgIpc) is 2.75. The second-order valence-corrected chi connectivity index (χ2v) is 5.32. The maximum atomic E-state index is 10.5. The second kappa shape index (κ2) is 5.78. The fourth-order valence-electron chi connectivity index (χ4n) is 3.36. The van der Waals surface area contributed by atoms with Gasteiger partial charge in [0.15, 0.2) is 0 Å². The van der Waals surface area contributed by atoms with Crippen molar-refractivity contribution in [3.8, 4) is 0 Å². The van der Waals surface area contributed by atoms with Gasteiger partial charge in [0, 0.05) is 18.5 Å². The first-order chi connectivity index (χ1) is 7.83. The molecule has 2 saturated heterocycles. The molecule has 0 aromatic heterocycles. The average molecular weight is 224 g/mol. The second-order valence-electron chi connectivity index (χ2n) is 5.32.